The van der Waals surface area contributed by atoms with Crippen molar-refractivity contribution in [1.82, 2.24) is 9.03 Å². The Labute approximate surface area is 125 Å². The summed E-state index contributed by atoms with van der Waals surface area (Å²) in [5.74, 6) is 0.692. The van der Waals surface area contributed by atoms with Crippen LogP contribution in [0.5, 0.6) is 5.75 Å². The van der Waals surface area contributed by atoms with Crippen LogP contribution < -0.4 is 9.46 Å². The predicted molar refractivity (Wildman–Crippen MR) is 80.2 cm³/mol. The first-order valence-corrected chi connectivity index (χ1v) is 8.34. The smallest absolute Gasteiger partial charge is 0.280 e. The lowest BCUT2D eigenvalue weighted by molar-refractivity contribution is 0.109. The zero-order chi connectivity index (χ0) is 15.5. The average Bonchev–Trinajstić information content (AvgIpc) is 2.43. The van der Waals surface area contributed by atoms with Crippen molar-refractivity contribution in [3.63, 3.8) is 0 Å². The standard InChI is InChI=1S/C14H22N2O4S/c1-16(10-12-5-3-6-13(9-12)20-2)21(18,19)15-14(11-17)7-4-8-14/h3,5-6,9,15,17H,4,7-8,10-11H2,1-2H3. The molecule has 0 radical (unpaired) electrons. The Morgan fingerprint density at radius 3 is 2.67 bits per heavy atom. The van der Waals surface area contributed by atoms with E-state index < -0.39 is 15.7 Å². The third-order valence-electron chi connectivity index (χ3n) is 3.91. The lowest BCUT2D eigenvalue weighted by Crippen LogP contribution is -2.58. The Bertz CT molecular complexity index is 579. The number of hydrogen-bond acceptors (Lipinski definition) is 4. The number of rotatable bonds is 7. The van der Waals surface area contributed by atoms with Gasteiger partial charge in [-0.2, -0.15) is 17.4 Å². The summed E-state index contributed by atoms with van der Waals surface area (Å²) in [4.78, 5) is 0. The number of methoxy groups -OCH3 is 1. The molecular weight excluding hydrogens is 292 g/mol. The van der Waals surface area contributed by atoms with Crippen LogP contribution in [0.15, 0.2) is 24.3 Å². The first-order valence-electron chi connectivity index (χ1n) is 6.90. The molecule has 0 bridgehead atoms. The van der Waals surface area contributed by atoms with Crippen molar-refractivity contribution in [3.05, 3.63) is 29.8 Å². The summed E-state index contributed by atoms with van der Waals surface area (Å²) in [7, 11) is -0.535. The minimum absolute atomic E-state index is 0.167. The fourth-order valence-electron chi connectivity index (χ4n) is 2.36. The molecule has 0 amide bonds. The van der Waals surface area contributed by atoms with Crippen molar-refractivity contribution < 1.29 is 18.3 Å². The lowest BCUT2D eigenvalue weighted by Gasteiger charge is -2.41. The highest BCUT2D eigenvalue weighted by Crippen LogP contribution is 2.32. The number of aliphatic hydroxyl groups excluding tert-OH is 1. The monoisotopic (exact) mass is 314 g/mol. The van der Waals surface area contributed by atoms with Crippen LogP contribution >= 0.6 is 0 Å². The second kappa shape index (κ2) is 6.31. The number of nitrogens with one attached hydrogen (secondary N) is 1. The van der Waals surface area contributed by atoms with Gasteiger partial charge in [-0.1, -0.05) is 12.1 Å². The molecule has 0 spiro atoms. The molecule has 118 valence electrons. The summed E-state index contributed by atoms with van der Waals surface area (Å²) in [6, 6.07) is 7.28. The molecule has 1 fully saturated rings. The number of ether oxygens (including phenoxy) is 1. The maximum atomic E-state index is 12.3. The Morgan fingerprint density at radius 2 is 2.14 bits per heavy atom. The molecule has 21 heavy (non-hydrogen) atoms. The van der Waals surface area contributed by atoms with Crippen molar-refractivity contribution in [2.45, 2.75) is 31.3 Å². The Kier molecular flexibility index (Phi) is 4.88. The molecule has 2 N–H and O–H groups in total. The number of hydrogen-bond donors (Lipinski definition) is 2. The Morgan fingerprint density at radius 1 is 1.43 bits per heavy atom. The summed E-state index contributed by atoms with van der Waals surface area (Å²) in [6.07, 6.45) is 2.29. The minimum Gasteiger partial charge on any atom is -0.497 e. The zero-order valence-electron chi connectivity index (χ0n) is 12.4. The third kappa shape index (κ3) is 3.74. The summed E-state index contributed by atoms with van der Waals surface area (Å²) >= 11 is 0. The highest BCUT2D eigenvalue weighted by molar-refractivity contribution is 7.87. The highest BCUT2D eigenvalue weighted by atomic mass is 32.2. The van der Waals surface area contributed by atoms with Crippen molar-refractivity contribution in [3.8, 4) is 5.75 Å². The van der Waals surface area contributed by atoms with Gasteiger partial charge in [0.1, 0.15) is 5.75 Å². The van der Waals surface area contributed by atoms with Gasteiger partial charge in [0.25, 0.3) is 10.2 Å². The molecule has 1 aromatic rings. The van der Waals surface area contributed by atoms with Crippen LogP contribution in [0.4, 0.5) is 0 Å². The highest BCUT2D eigenvalue weighted by Gasteiger charge is 2.40. The second-order valence-corrected chi connectivity index (χ2v) is 7.28. The van der Waals surface area contributed by atoms with Gasteiger partial charge in [-0.05, 0) is 37.0 Å². The fourth-order valence-corrected chi connectivity index (χ4v) is 3.65. The van der Waals surface area contributed by atoms with E-state index in [1.54, 1.807) is 13.2 Å². The topological polar surface area (TPSA) is 78.9 Å². The van der Waals surface area contributed by atoms with Gasteiger partial charge < -0.3 is 9.84 Å². The number of aliphatic hydroxyl groups is 1. The number of nitrogens with zero attached hydrogens (tertiary/aromatic N) is 1. The SMILES string of the molecule is COc1cccc(CN(C)S(=O)(=O)NC2(CO)CCC2)c1. The molecule has 1 aliphatic rings. The summed E-state index contributed by atoms with van der Waals surface area (Å²) in [6.45, 7) is 0.0767. The average molecular weight is 314 g/mol. The molecule has 1 aromatic carbocycles. The van der Waals surface area contributed by atoms with Crippen LogP contribution in [0.25, 0.3) is 0 Å². The van der Waals surface area contributed by atoms with E-state index >= 15 is 0 Å². The fraction of sp³-hybridized carbons (Fsp3) is 0.571. The summed E-state index contributed by atoms with van der Waals surface area (Å²) in [5.41, 5.74) is 0.162. The van der Waals surface area contributed by atoms with Gasteiger partial charge in [0.05, 0.1) is 19.3 Å². The van der Waals surface area contributed by atoms with E-state index in [0.717, 1.165) is 12.0 Å². The molecular formula is C14H22N2O4S. The van der Waals surface area contributed by atoms with Crippen molar-refractivity contribution >= 4 is 10.2 Å². The van der Waals surface area contributed by atoms with Gasteiger partial charge in [0, 0.05) is 13.6 Å². The Balaban J connectivity index is 2.05. The van der Waals surface area contributed by atoms with Crippen LogP contribution in [0.2, 0.25) is 0 Å². The van der Waals surface area contributed by atoms with E-state index in [0.29, 0.717) is 18.6 Å². The normalized spacial score (nSPS) is 17.5. The second-order valence-electron chi connectivity index (χ2n) is 5.51. The van der Waals surface area contributed by atoms with Crippen LogP contribution in [0.3, 0.4) is 0 Å². The lowest BCUT2D eigenvalue weighted by atomic mass is 9.78. The number of benzene rings is 1. The maximum Gasteiger partial charge on any atom is 0.280 e. The van der Waals surface area contributed by atoms with E-state index in [1.807, 2.05) is 18.2 Å². The van der Waals surface area contributed by atoms with Gasteiger partial charge >= 0.3 is 0 Å². The predicted octanol–water partition coefficient (Wildman–Crippen LogP) is 0.876. The van der Waals surface area contributed by atoms with Crippen molar-refractivity contribution in [2.24, 2.45) is 0 Å². The zero-order valence-corrected chi connectivity index (χ0v) is 13.2. The van der Waals surface area contributed by atoms with Gasteiger partial charge in [-0.25, -0.2) is 0 Å². The molecule has 7 heteroatoms. The molecule has 0 unspecified atom stereocenters. The van der Waals surface area contributed by atoms with Gasteiger partial charge in [0.2, 0.25) is 0 Å². The van der Waals surface area contributed by atoms with Gasteiger partial charge in [-0.3, -0.25) is 0 Å². The molecule has 0 saturated heterocycles. The quantitative estimate of drug-likeness (QED) is 0.783. The van der Waals surface area contributed by atoms with Crippen molar-refractivity contribution in [2.75, 3.05) is 20.8 Å². The van der Waals surface area contributed by atoms with E-state index in [1.165, 1.54) is 11.4 Å². The molecule has 0 atom stereocenters. The molecule has 6 nitrogen and oxygen atoms in total. The van der Waals surface area contributed by atoms with Crippen LogP contribution in [0.1, 0.15) is 24.8 Å². The summed E-state index contributed by atoms with van der Waals surface area (Å²) < 4.78 is 33.7. The van der Waals surface area contributed by atoms with Crippen LogP contribution in [0, 0.1) is 0 Å². The molecule has 0 aliphatic heterocycles. The van der Waals surface area contributed by atoms with Crippen LogP contribution in [-0.4, -0.2) is 44.1 Å². The molecule has 1 saturated carbocycles. The van der Waals surface area contributed by atoms with Gasteiger partial charge in [0.15, 0.2) is 0 Å². The van der Waals surface area contributed by atoms with E-state index in [4.69, 9.17) is 4.74 Å². The largest absolute Gasteiger partial charge is 0.497 e. The third-order valence-corrected chi connectivity index (χ3v) is 5.55. The van der Waals surface area contributed by atoms with E-state index in [-0.39, 0.29) is 13.2 Å². The minimum atomic E-state index is -3.63. The maximum absolute atomic E-state index is 12.3. The van der Waals surface area contributed by atoms with Gasteiger partial charge in [-0.15, -0.1) is 0 Å². The molecule has 0 heterocycles. The molecule has 1 aliphatic carbocycles. The molecule has 0 aromatic heterocycles. The van der Waals surface area contributed by atoms with E-state index in [9.17, 15) is 13.5 Å². The first-order chi connectivity index (χ1) is 9.91. The summed E-state index contributed by atoms with van der Waals surface area (Å²) in [5, 5.41) is 9.38. The molecule has 2 rings (SSSR count). The Hall–Kier alpha value is -1.15. The van der Waals surface area contributed by atoms with Crippen molar-refractivity contribution in [1.29, 1.82) is 0 Å². The van der Waals surface area contributed by atoms with E-state index in [2.05, 4.69) is 4.72 Å². The first kappa shape index (κ1) is 16.2. The van der Waals surface area contributed by atoms with Crippen LogP contribution in [-0.2, 0) is 16.8 Å².